The molecular weight excluding hydrogens is 296 g/mol. The van der Waals surface area contributed by atoms with Crippen LogP contribution >= 0.6 is 12.4 Å². The predicted molar refractivity (Wildman–Crippen MR) is 90.8 cm³/mol. The third-order valence-corrected chi connectivity index (χ3v) is 6.77. The maximum absolute atomic E-state index is 13.0. The number of carbonyl (C=O) groups is 1. The van der Waals surface area contributed by atoms with Gasteiger partial charge in [0.05, 0.1) is 0 Å². The van der Waals surface area contributed by atoms with Crippen molar-refractivity contribution in [1.82, 2.24) is 4.90 Å². The number of carbonyl (C=O) groups excluding carboxylic acids is 1. The van der Waals surface area contributed by atoms with Crippen molar-refractivity contribution in [2.75, 3.05) is 7.05 Å². The first kappa shape index (κ1) is 16.6. The Kier molecular flexibility index (Phi) is 4.76. The van der Waals surface area contributed by atoms with Crippen molar-refractivity contribution in [2.24, 2.45) is 35.3 Å². The highest BCUT2D eigenvalue weighted by molar-refractivity contribution is 5.85. The molecule has 4 saturated carbocycles. The van der Waals surface area contributed by atoms with Crippen molar-refractivity contribution in [3.8, 4) is 0 Å². The molecule has 4 rings (SSSR count). The van der Waals surface area contributed by atoms with Crippen LogP contribution in [0.25, 0.3) is 0 Å². The zero-order valence-corrected chi connectivity index (χ0v) is 14.6. The van der Waals surface area contributed by atoms with Crippen LogP contribution in [0.2, 0.25) is 0 Å². The third-order valence-electron chi connectivity index (χ3n) is 6.77. The Bertz CT molecular complexity index is 395. The van der Waals surface area contributed by atoms with Crippen LogP contribution in [0.5, 0.6) is 0 Å². The molecule has 2 unspecified atom stereocenters. The number of nitrogens with two attached hydrogens (primary N) is 1. The van der Waals surface area contributed by atoms with Crippen molar-refractivity contribution in [2.45, 2.75) is 69.9 Å². The van der Waals surface area contributed by atoms with Gasteiger partial charge in [-0.15, -0.1) is 12.4 Å². The van der Waals surface area contributed by atoms with E-state index in [-0.39, 0.29) is 18.3 Å². The molecule has 2 atom stereocenters. The highest BCUT2D eigenvalue weighted by atomic mass is 35.5. The van der Waals surface area contributed by atoms with E-state index in [1.54, 1.807) is 0 Å². The molecule has 4 aliphatic carbocycles. The second-order valence-electron chi connectivity index (χ2n) is 8.31. The van der Waals surface area contributed by atoms with Gasteiger partial charge in [-0.1, -0.05) is 6.42 Å². The molecule has 22 heavy (non-hydrogen) atoms. The smallest absolute Gasteiger partial charge is 0.225 e. The van der Waals surface area contributed by atoms with Gasteiger partial charge in [0.1, 0.15) is 0 Å². The second-order valence-corrected chi connectivity index (χ2v) is 8.31. The fourth-order valence-electron chi connectivity index (χ4n) is 5.32. The summed E-state index contributed by atoms with van der Waals surface area (Å²) in [6.07, 6.45) is 11.3. The van der Waals surface area contributed by atoms with E-state index < -0.39 is 0 Å². The molecule has 0 aliphatic heterocycles. The van der Waals surface area contributed by atoms with Gasteiger partial charge in [-0.05, 0) is 75.0 Å². The third kappa shape index (κ3) is 3.03. The number of nitrogens with zero attached hydrogens (tertiary/aromatic N) is 1. The predicted octanol–water partition coefficient (Wildman–Crippen LogP) is 3.21. The second kappa shape index (κ2) is 6.32. The van der Waals surface area contributed by atoms with Crippen LogP contribution in [-0.2, 0) is 4.79 Å². The van der Waals surface area contributed by atoms with Gasteiger partial charge in [-0.25, -0.2) is 0 Å². The maximum atomic E-state index is 13.0. The molecule has 0 aromatic rings. The van der Waals surface area contributed by atoms with Crippen molar-refractivity contribution in [3.05, 3.63) is 0 Å². The zero-order chi connectivity index (χ0) is 14.6. The molecule has 0 aromatic heterocycles. The molecule has 4 aliphatic rings. The summed E-state index contributed by atoms with van der Waals surface area (Å²) in [6.45, 7) is 0. The summed E-state index contributed by atoms with van der Waals surface area (Å²) in [5.74, 6) is 3.57. The molecule has 1 amide bonds. The van der Waals surface area contributed by atoms with Gasteiger partial charge < -0.3 is 10.6 Å². The van der Waals surface area contributed by atoms with E-state index in [2.05, 4.69) is 11.9 Å². The van der Waals surface area contributed by atoms with E-state index >= 15 is 0 Å². The van der Waals surface area contributed by atoms with Gasteiger partial charge in [-0.3, -0.25) is 4.79 Å². The van der Waals surface area contributed by atoms with Crippen LogP contribution in [-0.4, -0.2) is 29.9 Å². The van der Waals surface area contributed by atoms with E-state index in [0.717, 1.165) is 24.7 Å². The lowest BCUT2D eigenvalue weighted by atomic mass is 9.65. The first-order valence-corrected chi connectivity index (χ1v) is 9.17. The van der Waals surface area contributed by atoms with Crippen LogP contribution < -0.4 is 5.73 Å². The van der Waals surface area contributed by atoms with Gasteiger partial charge in [0.2, 0.25) is 5.91 Å². The standard InChI is InChI=1S/C18H30N2O.ClH/c1-20(17(11-5-6-11)12-7-8-12)18(21)15-9-13-3-2-4-14(10-15)16(13)19;/h11-17H,2-10,19H2,1H3;1H. The summed E-state index contributed by atoms with van der Waals surface area (Å²) in [6, 6.07) is 0.934. The monoisotopic (exact) mass is 326 g/mol. The van der Waals surface area contributed by atoms with E-state index in [0.29, 0.717) is 29.8 Å². The van der Waals surface area contributed by atoms with Gasteiger partial charge in [0, 0.05) is 25.0 Å². The van der Waals surface area contributed by atoms with E-state index in [9.17, 15) is 4.79 Å². The van der Waals surface area contributed by atoms with Crippen LogP contribution in [0.1, 0.15) is 57.8 Å². The summed E-state index contributed by atoms with van der Waals surface area (Å²) < 4.78 is 0. The van der Waals surface area contributed by atoms with Crippen molar-refractivity contribution in [1.29, 1.82) is 0 Å². The summed E-state index contributed by atoms with van der Waals surface area (Å²) in [5, 5.41) is 0. The Morgan fingerprint density at radius 2 is 1.50 bits per heavy atom. The van der Waals surface area contributed by atoms with Gasteiger partial charge >= 0.3 is 0 Å². The maximum Gasteiger partial charge on any atom is 0.225 e. The summed E-state index contributed by atoms with van der Waals surface area (Å²) >= 11 is 0. The largest absolute Gasteiger partial charge is 0.342 e. The van der Waals surface area contributed by atoms with Crippen molar-refractivity contribution >= 4 is 18.3 Å². The van der Waals surface area contributed by atoms with Gasteiger partial charge in [0.25, 0.3) is 0 Å². The van der Waals surface area contributed by atoms with Crippen molar-refractivity contribution < 1.29 is 4.79 Å². The van der Waals surface area contributed by atoms with Crippen LogP contribution in [0.15, 0.2) is 0 Å². The lowest BCUT2D eigenvalue weighted by Gasteiger charge is -2.45. The molecule has 2 bridgehead atoms. The topological polar surface area (TPSA) is 46.3 Å². The number of hydrogen-bond acceptors (Lipinski definition) is 2. The molecule has 0 radical (unpaired) electrons. The Hall–Kier alpha value is -0.280. The average molecular weight is 327 g/mol. The van der Waals surface area contributed by atoms with E-state index in [1.165, 1.54) is 44.9 Å². The molecule has 0 aromatic carbocycles. The van der Waals surface area contributed by atoms with Crippen LogP contribution in [0, 0.1) is 29.6 Å². The minimum atomic E-state index is 0. The summed E-state index contributed by atoms with van der Waals surface area (Å²) in [4.78, 5) is 15.2. The first-order chi connectivity index (χ1) is 10.1. The number of rotatable bonds is 4. The zero-order valence-electron chi connectivity index (χ0n) is 13.7. The molecular formula is C18H31ClN2O. The number of amides is 1. The molecule has 0 saturated heterocycles. The minimum Gasteiger partial charge on any atom is -0.342 e. The number of fused-ring (bicyclic) bond motifs is 2. The lowest BCUT2D eigenvalue weighted by Crippen LogP contribution is -2.51. The van der Waals surface area contributed by atoms with Gasteiger partial charge in [-0.2, -0.15) is 0 Å². The fraction of sp³-hybridized carbons (Fsp3) is 0.944. The quantitative estimate of drug-likeness (QED) is 0.862. The highest BCUT2D eigenvalue weighted by Gasteiger charge is 2.47. The van der Waals surface area contributed by atoms with Crippen molar-refractivity contribution in [3.63, 3.8) is 0 Å². The SMILES string of the molecule is CN(C(=O)C1CC2CCCC(C1)C2N)C(C1CC1)C1CC1.Cl. The minimum absolute atomic E-state index is 0. The average Bonchev–Trinajstić information content (AvgIpc) is 3.32. The lowest BCUT2D eigenvalue weighted by molar-refractivity contribution is -0.140. The Morgan fingerprint density at radius 3 is 1.95 bits per heavy atom. The molecule has 4 heteroatoms. The number of halogens is 1. The first-order valence-electron chi connectivity index (χ1n) is 9.17. The molecule has 3 nitrogen and oxygen atoms in total. The summed E-state index contributed by atoms with van der Waals surface area (Å²) in [7, 11) is 2.09. The fourth-order valence-corrected chi connectivity index (χ4v) is 5.32. The summed E-state index contributed by atoms with van der Waals surface area (Å²) in [5.41, 5.74) is 6.37. The van der Waals surface area contributed by atoms with E-state index in [1.807, 2.05) is 0 Å². The Labute approximate surface area is 140 Å². The van der Waals surface area contributed by atoms with E-state index in [4.69, 9.17) is 5.73 Å². The number of hydrogen-bond donors (Lipinski definition) is 1. The van der Waals surface area contributed by atoms with Crippen LogP contribution in [0.3, 0.4) is 0 Å². The Morgan fingerprint density at radius 1 is 1.00 bits per heavy atom. The molecule has 126 valence electrons. The van der Waals surface area contributed by atoms with Gasteiger partial charge in [0.15, 0.2) is 0 Å². The molecule has 4 fully saturated rings. The molecule has 2 N–H and O–H groups in total. The molecule has 0 spiro atoms. The van der Waals surface area contributed by atoms with Crippen LogP contribution in [0.4, 0.5) is 0 Å². The molecule has 0 heterocycles. The normalized spacial score (nSPS) is 37.6. The highest BCUT2D eigenvalue weighted by Crippen LogP contribution is 2.48. The Balaban J connectivity index is 0.00000144.